The van der Waals surface area contributed by atoms with Crippen LogP contribution in [0.1, 0.15) is 5.56 Å². The van der Waals surface area contributed by atoms with Crippen molar-refractivity contribution >= 4 is 43.8 Å². The molecular formula is C17H12N3Na3O9S2. The molecule has 2 atom stereocenters. The molecule has 0 radical (unpaired) electrons. The fourth-order valence-corrected chi connectivity index (χ4v) is 3.62. The normalized spacial score (nSPS) is 17.9. The van der Waals surface area contributed by atoms with Crippen molar-refractivity contribution < 1.29 is 130 Å². The summed E-state index contributed by atoms with van der Waals surface area (Å²) in [5, 5.41) is 26.5. The van der Waals surface area contributed by atoms with Crippen molar-refractivity contribution in [1.82, 2.24) is 0 Å². The van der Waals surface area contributed by atoms with Gasteiger partial charge in [0.1, 0.15) is 32.0 Å². The molecule has 2 unspecified atom stereocenters. The maximum atomic E-state index is 11.4. The first-order valence-electron chi connectivity index (χ1n) is 8.30. The van der Waals surface area contributed by atoms with E-state index in [0.29, 0.717) is 5.56 Å². The minimum Gasteiger partial charge on any atom is -0.744 e. The standard InChI is InChI=1S/C17H15N3O9S2.3Na/c21-16-14(18-9-10-1-5-12(6-2-10)30(24,25)26)15(17(22)23)19-20(16)11-3-7-13(8-4-11)31(27,28)29;;;/h1-9,14,16,21H,(H,22,23)(H,24,25,26)(H,27,28,29);;;/q;3*+1/p-3. The van der Waals surface area contributed by atoms with Crippen LogP contribution in [0.5, 0.6) is 0 Å². The number of aliphatic imine (C=N–C) groups is 1. The van der Waals surface area contributed by atoms with E-state index >= 15 is 0 Å². The zero-order valence-corrected chi connectivity index (χ0v) is 25.9. The average molecular weight is 535 g/mol. The molecule has 1 aliphatic rings. The zero-order valence-electron chi connectivity index (χ0n) is 18.2. The average Bonchev–Trinajstić information content (AvgIpc) is 3.02. The summed E-state index contributed by atoms with van der Waals surface area (Å²) in [5.74, 6) is -1.71. The SMILES string of the molecule is O=C([O-])C1=NN(c2ccc(S(=O)(=O)[O-])cc2)C(O)C1N=Cc1ccc(S(=O)(=O)[O-])cc1.[Na+].[Na+].[Na+]. The number of carbonyl (C=O) groups excluding carboxylic acids is 1. The molecule has 0 saturated heterocycles. The van der Waals surface area contributed by atoms with Gasteiger partial charge < -0.3 is 24.1 Å². The molecule has 1 heterocycles. The number of carbonyl (C=O) groups is 1. The van der Waals surface area contributed by atoms with Crippen LogP contribution >= 0.6 is 0 Å². The fraction of sp³-hybridized carbons (Fsp3) is 0.118. The molecule has 1 N–H and O–H groups in total. The number of rotatable bonds is 6. The molecule has 17 heteroatoms. The number of hydrazone groups is 1. The molecule has 2 aromatic carbocycles. The third-order valence-corrected chi connectivity index (χ3v) is 5.88. The molecule has 0 aromatic heterocycles. The van der Waals surface area contributed by atoms with E-state index in [1.165, 1.54) is 12.1 Å². The quantitative estimate of drug-likeness (QED) is 0.210. The van der Waals surface area contributed by atoms with E-state index in [1.54, 1.807) is 0 Å². The van der Waals surface area contributed by atoms with Gasteiger partial charge >= 0.3 is 88.7 Å². The van der Waals surface area contributed by atoms with Crippen LogP contribution in [0.2, 0.25) is 0 Å². The number of aliphatic carboxylic acids is 1. The van der Waals surface area contributed by atoms with Gasteiger partial charge in [0.05, 0.1) is 21.4 Å². The molecule has 2 aromatic rings. The topological polar surface area (TPSA) is 203 Å². The minimum atomic E-state index is -4.69. The number of hydrogen-bond donors (Lipinski definition) is 1. The monoisotopic (exact) mass is 535 g/mol. The van der Waals surface area contributed by atoms with E-state index in [0.717, 1.165) is 47.6 Å². The first-order valence-corrected chi connectivity index (χ1v) is 11.1. The number of carboxylic acids is 1. The van der Waals surface area contributed by atoms with Crippen molar-refractivity contribution in [3.8, 4) is 0 Å². The first kappa shape index (κ1) is 33.8. The maximum absolute atomic E-state index is 11.4. The number of aliphatic hydroxyl groups excluding tert-OH is 1. The Morgan fingerprint density at radius 3 is 1.76 bits per heavy atom. The fourth-order valence-electron chi connectivity index (χ4n) is 2.68. The number of nitrogens with zero attached hydrogens (tertiary/aromatic N) is 3. The zero-order chi connectivity index (χ0) is 23.0. The van der Waals surface area contributed by atoms with Gasteiger partial charge in [0, 0.05) is 6.21 Å². The molecule has 0 aliphatic carbocycles. The third kappa shape index (κ3) is 8.18. The maximum Gasteiger partial charge on any atom is 1.00 e. The molecule has 12 nitrogen and oxygen atoms in total. The Labute approximate surface area is 261 Å². The van der Waals surface area contributed by atoms with Crippen LogP contribution < -0.4 is 98.8 Å². The Morgan fingerprint density at radius 2 is 1.35 bits per heavy atom. The van der Waals surface area contributed by atoms with Crippen molar-refractivity contribution in [3.05, 3.63) is 54.1 Å². The van der Waals surface area contributed by atoms with Crippen LogP contribution in [-0.2, 0) is 25.0 Å². The molecule has 0 bridgehead atoms. The van der Waals surface area contributed by atoms with Crippen LogP contribution in [0.15, 0.2) is 68.4 Å². The van der Waals surface area contributed by atoms with Gasteiger partial charge in [0.15, 0.2) is 6.23 Å². The van der Waals surface area contributed by atoms with Crippen LogP contribution in [0.3, 0.4) is 0 Å². The van der Waals surface area contributed by atoms with Crippen molar-refractivity contribution in [3.63, 3.8) is 0 Å². The molecule has 34 heavy (non-hydrogen) atoms. The van der Waals surface area contributed by atoms with Crippen molar-refractivity contribution in [2.75, 3.05) is 5.01 Å². The van der Waals surface area contributed by atoms with Gasteiger partial charge in [-0.25, -0.2) is 21.8 Å². The van der Waals surface area contributed by atoms with Crippen LogP contribution in [0, 0.1) is 0 Å². The Kier molecular flexibility index (Phi) is 13.3. The van der Waals surface area contributed by atoms with Gasteiger partial charge in [-0.3, -0.25) is 4.99 Å². The van der Waals surface area contributed by atoms with Crippen molar-refractivity contribution in [2.45, 2.75) is 22.1 Å². The van der Waals surface area contributed by atoms with E-state index < -0.39 is 54.0 Å². The Balaban J connectivity index is 0.00000363. The summed E-state index contributed by atoms with van der Waals surface area (Å²) in [6, 6.07) is 7.44. The molecule has 0 saturated carbocycles. The van der Waals surface area contributed by atoms with Gasteiger partial charge in [0.2, 0.25) is 0 Å². The summed E-state index contributed by atoms with van der Waals surface area (Å²) in [4.78, 5) is 14.4. The number of benzene rings is 2. The Morgan fingerprint density at radius 1 is 0.912 bits per heavy atom. The Bertz CT molecular complexity index is 1280. The number of hydrogen-bond acceptors (Lipinski definition) is 12. The van der Waals surface area contributed by atoms with Crippen LogP contribution in [0.25, 0.3) is 0 Å². The summed E-state index contributed by atoms with van der Waals surface area (Å²) in [5.41, 5.74) is -0.231. The third-order valence-electron chi connectivity index (χ3n) is 4.18. The van der Waals surface area contributed by atoms with E-state index in [1.807, 2.05) is 0 Å². The second-order valence-corrected chi connectivity index (χ2v) is 8.98. The van der Waals surface area contributed by atoms with E-state index in [4.69, 9.17) is 0 Å². The summed E-state index contributed by atoms with van der Waals surface area (Å²) in [6.45, 7) is 0. The van der Waals surface area contributed by atoms with E-state index in [-0.39, 0.29) is 94.4 Å². The summed E-state index contributed by atoms with van der Waals surface area (Å²) in [7, 11) is -9.33. The number of carboxylic acid groups (broad SMARTS) is 1. The first-order chi connectivity index (χ1) is 14.4. The van der Waals surface area contributed by atoms with Crippen LogP contribution in [0.4, 0.5) is 5.69 Å². The van der Waals surface area contributed by atoms with Gasteiger partial charge in [-0.05, 0) is 42.0 Å². The van der Waals surface area contributed by atoms with Crippen molar-refractivity contribution in [2.24, 2.45) is 10.1 Å². The van der Waals surface area contributed by atoms with E-state index in [2.05, 4.69) is 10.1 Å². The van der Waals surface area contributed by atoms with Gasteiger partial charge in [-0.1, -0.05) is 12.1 Å². The molecule has 3 rings (SSSR count). The molecular weight excluding hydrogens is 523 g/mol. The molecule has 1 aliphatic heterocycles. The predicted octanol–water partition coefficient (Wildman–Crippen LogP) is -10.8. The largest absolute Gasteiger partial charge is 1.00 e. The van der Waals surface area contributed by atoms with Gasteiger partial charge in [-0.15, -0.1) is 0 Å². The molecule has 164 valence electrons. The van der Waals surface area contributed by atoms with E-state index in [9.17, 15) is 40.9 Å². The molecule has 0 fully saturated rings. The summed E-state index contributed by atoms with van der Waals surface area (Å²) >= 11 is 0. The van der Waals surface area contributed by atoms with Crippen LogP contribution in [-0.4, -0.2) is 61.2 Å². The van der Waals surface area contributed by atoms with Gasteiger partial charge in [0.25, 0.3) is 0 Å². The van der Waals surface area contributed by atoms with Gasteiger partial charge in [-0.2, -0.15) is 5.10 Å². The second kappa shape index (κ2) is 13.4. The summed E-state index contributed by atoms with van der Waals surface area (Å²) < 4.78 is 65.9. The second-order valence-electron chi connectivity index (χ2n) is 6.23. The molecule has 0 spiro atoms. The Hall–Kier alpha value is -0.170. The number of aliphatic hydroxyl groups is 1. The number of anilines is 1. The smallest absolute Gasteiger partial charge is 0.744 e. The minimum absolute atomic E-state index is 0. The molecule has 0 amide bonds. The summed E-state index contributed by atoms with van der Waals surface area (Å²) in [6.07, 6.45) is -0.468. The predicted molar refractivity (Wildman–Crippen MR) is 101 cm³/mol. The van der Waals surface area contributed by atoms with Crippen molar-refractivity contribution in [1.29, 1.82) is 0 Å².